The van der Waals surface area contributed by atoms with Gasteiger partial charge in [0.05, 0.1) is 11.4 Å². The fourth-order valence-corrected chi connectivity index (χ4v) is 0.806. The van der Waals surface area contributed by atoms with Gasteiger partial charge in [0, 0.05) is 6.20 Å². The maximum absolute atomic E-state index is 12.1. The highest BCUT2D eigenvalue weighted by molar-refractivity contribution is 5.14. The lowest BCUT2D eigenvalue weighted by atomic mass is 10.3. The first-order chi connectivity index (χ1) is 5.41. The van der Waals surface area contributed by atoms with Crippen molar-refractivity contribution in [2.45, 2.75) is 20.0 Å². The predicted octanol–water partition coefficient (Wildman–Crippen LogP) is 2.27. The lowest BCUT2D eigenvalue weighted by Crippen LogP contribution is -2.12. The van der Waals surface area contributed by atoms with Crippen molar-refractivity contribution in [2.24, 2.45) is 0 Å². The van der Waals surface area contributed by atoms with Gasteiger partial charge in [0.25, 0.3) is 0 Å². The maximum Gasteiger partial charge on any atom is 0.435 e. The molecule has 0 amide bonds. The molecule has 0 fully saturated rings. The van der Waals surface area contributed by atoms with Crippen LogP contribution in [0.5, 0.6) is 0 Å². The van der Waals surface area contributed by atoms with Crippen LogP contribution in [-0.2, 0) is 6.18 Å². The number of alkyl halides is 3. The molecule has 1 rings (SSSR count). The lowest BCUT2D eigenvalue weighted by molar-refractivity contribution is -0.142. The number of hydrogen-bond donors (Lipinski definition) is 1. The lowest BCUT2D eigenvalue weighted by Gasteiger charge is -2.07. The molecule has 0 aliphatic heterocycles. The highest BCUT2D eigenvalue weighted by Gasteiger charge is 2.34. The summed E-state index contributed by atoms with van der Waals surface area (Å²) >= 11 is 0. The molecule has 0 aliphatic rings. The molecule has 1 aromatic heterocycles. The van der Waals surface area contributed by atoms with Crippen LogP contribution in [0.15, 0.2) is 6.20 Å². The second-order valence-electron chi connectivity index (χ2n) is 2.44. The average molecular weight is 193 g/mol. The quantitative estimate of drug-likeness (QED) is 0.687. The van der Waals surface area contributed by atoms with Crippen molar-refractivity contribution < 1.29 is 13.2 Å². The normalized spacial score (nSPS) is 10.8. The van der Waals surface area contributed by atoms with Crippen molar-refractivity contribution in [2.75, 3.05) is 0 Å². The Morgan fingerprint density at radius 1 is 1.23 bits per heavy atom. The molecule has 0 saturated carbocycles. The molecule has 0 saturated heterocycles. The third kappa shape index (κ3) is 2.66. The highest BCUT2D eigenvalue weighted by atomic mass is 19.4. The van der Waals surface area contributed by atoms with E-state index in [-0.39, 0.29) is 17.5 Å². The molecule has 0 atom stereocenters. The van der Waals surface area contributed by atoms with Gasteiger partial charge in [-0.2, -0.15) is 13.2 Å². The van der Waals surface area contributed by atoms with Gasteiger partial charge in [0.1, 0.15) is 0 Å². The van der Waals surface area contributed by atoms with E-state index in [1.165, 1.54) is 20.0 Å². The average Bonchev–Trinajstić information content (AvgIpc) is 1.92. The highest BCUT2D eigenvalue weighted by Crippen LogP contribution is 2.28. The number of halogens is 3. The van der Waals surface area contributed by atoms with Crippen molar-refractivity contribution in [1.29, 1.82) is 0 Å². The van der Waals surface area contributed by atoms with Crippen molar-refractivity contribution in [3.8, 4) is 0 Å². The molecule has 1 heterocycles. The minimum absolute atomic E-state index is 0. The van der Waals surface area contributed by atoms with Gasteiger partial charge in [0.15, 0.2) is 5.69 Å². The maximum atomic E-state index is 12.1. The first-order valence-electron chi connectivity index (χ1n) is 3.28. The van der Waals surface area contributed by atoms with Gasteiger partial charge >= 0.3 is 6.18 Å². The van der Waals surface area contributed by atoms with Gasteiger partial charge in [-0.05, 0) is 13.8 Å². The smallest absolute Gasteiger partial charge is 0.344 e. The monoisotopic (exact) mass is 193 g/mol. The molecule has 13 heavy (non-hydrogen) atoms. The molecule has 3 nitrogen and oxygen atoms in total. The van der Waals surface area contributed by atoms with Gasteiger partial charge in [-0.1, -0.05) is 0 Å². The van der Waals surface area contributed by atoms with Crippen molar-refractivity contribution in [3.63, 3.8) is 0 Å². The first-order valence-corrected chi connectivity index (χ1v) is 3.28. The number of hydrogen-bond acceptors (Lipinski definition) is 3. The van der Waals surface area contributed by atoms with Crippen molar-refractivity contribution in [1.82, 2.24) is 16.1 Å². The van der Waals surface area contributed by atoms with E-state index in [9.17, 15) is 13.2 Å². The van der Waals surface area contributed by atoms with E-state index >= 15 is 0 Å². The fourth-order valence-electron chi connectivity index (χ4n) is 0.806. The van der Waals surface area contributed by atoms with Crippen LogP contribution >= 0.6 is 0 Å². The zero-order chi connectivity index (χ0) is 9.35. The molecule has 6 heteroatoms. The van der Waals surface area contributed by atoms with Crippen LogP contribution < -0.4 is 6.15 Å². The van der Waals surface area contributed by atoms with Crippen LogP contribution in [-0.4, -0.2) is 9.97 Å². The Kier molecular flexibility index (Phi) is 3.36. The topological polar surface area (TPSA) is 60.8 Å². The third-order valence-corrected chi connectivity index (χ3v) is 1.34. The van der Waals surface area contributed by atoms with Gasteiger partial charge in [-0.25, -0.2) is 4.98 Å². The number of rotatable bonds is 0. The van der Waals surface area contributed by atoms with Gasteiger partial charge in [0.2, 0.25) is 0 Å². The summed E-state index contributed by atoms with van der Waals surface area (Å²) in [5.74, 6) is 0. The molecule has 3 N–H and O–H groups in total. The molecule has 0 aromatic carbocycles. The Labute approximate surface area is 73.6 Å². The first kappa shape index (κ1) is 11.8. The summed E-state index contributed by atoms with van der Waals surface area (Å²) in [6.45, 7) is 2.76. The summed E-state index contributed by atoms with van der Waals surface area (Å²) < 4.78 is 36.4. The van der Waals surface area contributed by atoms with Crippen LogP contribution in [0, 0.1) is 13.8 Å². The summed E-state index contributed by atoms with van der Waals surface area (Å²) in [7, 11) is 0. The zero-order valence-electron chi connectivity index (χ0n) is 7.31. The number of nitrogens with zero attached hydrogens (tertiary/aromatic N) is 2. The molecule has 0 radical (unpaired) electrons. The Balaban J connectivity index is 0.00000144. The largest absolute Gasteiger partial charge is 0.435 e. The van der Waals surface area contributed by atoms with E-state index in [4.69, 9.17) is 0 Å². The fraction of sp³-hybridized carbons (Fsp3) is 0.429. The Morgan fingerprint density at radius 2 is 1.77 bits per heavy atom. The van der Waals surface area contributed by atoms with E-state index in [1.807, 2.05) is 0 Å². The minimum Gasteiger partial charge on any atom is -0.344 e. The van der Waals surface area contributed by atoms with E-state index in [1.54, 1.807) is 0 Å². The second-order valence-corrected chi connectivity index (χ2v) is 2.44. The SMILES string of the molecule is Cc1cnc(C)c(C(F)(F)F)n1.N. The molecule has 1 aromatic rings. The van der Waals surface area contributed by atoms with E-state index in [0.717, 1.165) is 0 Å². The van der Waals surface area contributed by atoms with E-state index in [2.05, 4.69) is 9.97 Å². The van der Waals surface area contributed by atoms with Crippen LogP contribution in [0.2, 0.25) is 0 Å². The molecule has 0 bridgehead atoms. The zero-order valence-corrected chi connectivity index (χ0v) is 7.31. The summed E-state index contributed by atoms with van der Waals surface area (Å²) in [4.78, 5) is 6.92. The summed E-state index contributed by atoms with van der Waals surface area (Å²) in [5, 5.41) is 0. The molecule has 74 valence electrons. The molecule has 0 aliphatic carbocycles. The molecular formula is C7H10F3N3. The predicted molar refractivity (Wildman–Crippen MR) is 41.5 cm³/mol. The number of aryl methyl sites for hydroxylation is 2. The summed E-state index contributed by atoms with van der Waals surface area (Å²) in [6.07, 6.45) is -3.09. The van der Waals surface area contributed by atoms with Crippen LogP contribution in [0.3, 0.4) is 0 Å². The standard InChI is InChI=1S/C7H7F3N2.H3N/c1-4-3-11-5(2)6(12-4)7(8,9)10;/h3H,1-2H3;1H3. The van der Waals surface area contributed by atoms with Gasteiger partial charge in [-0.3, -0.25) is 4.98 Å². The molecule has 0 unspecified atom stereocenters. The summed E-state index contributed by atoms with van der Waals surface area (Å²) in [5.41, 5.74) is -0.719. The Hall–Kier alpha value is -1.17. The van der Waals surface area contributed by atoms with Crippen LogP contribution in [0.4, 0.5) is 13.2 Å². The minimum atomic E-state index is -4.40. The Morgan fingerprint density at radius 3 is 2.15 bits per heavy atom. The van der Waals surface area contributed by atoms with Crippen LogP contribution in [0.1, 0.15) is 17.1 Å². The van der Waals surface area contributed by atoms with E-state index in [0.29, 0.717) is 0 Å². The van der Waals surface area contributed by atoms with Crippen LogP contribution in [0.25, 0.3) is 0 Å². The van der Waals surface area contributed by atoms with Gasteiger partial charge in [-0.15, -0.1) is 0 Å². The van der Waals surface area contributed by atoms with Crippen molar-refractivity contribution >= 4 is 0 Å². The molecular weight excluding hydrogens is 183 g/mol. The van der Waals surface area contributed by atoms with Gasteiger partial charge < -0.3 is 6.15 Å². The number of aromatic nitrogens is 2. The van der Waals surface area contributed by atoms with Crippen molar-refractivity contribution in [3.05, 3.63) is 23.3 Å². The van der Waals surface area contributed by atoms with E-state index < -0.39 is 11.9 Å². The Bertz CT molecular complexity index is 296. The molecule has 0 spiro atoms. The third-order valence-electron chi connectivity index (χ3n) is 1.34. The second kappa shape index (κ2) is 3.69. The summed E-state index contributed by atoms with van der Waals surface area (Å²) in [6, 6.07) is 0.